The van der Waals surface area contributed by atoms with Crippen molar-refractivity contribution < 1.29 is 18.1 Å². The SMILES string of the molecule is C=C1c2sn(c(=O)c2/C=C\C)CCN(S(=O)(=O)c2ccc([N+](=O)[O-])cc2)CCOc2cccc3[nH]c(=O)c1nc23. The van der Waals surface area contributed by atoms with Crippen LogP contribution in [0, 0.1) is 10.1 Å². The number of sulfonamides is 1. The van der Waals surface area contributed by atoms with Crippen LogP contribution in [0.3, 0.4) is 0 Å². The van der Waals surface area contributed by atoms with Gasteiger partial charge in [-0.3, -0.25) is 23.7 Å². The second-order valence-corrected chi connectivity index (χ2v) is 11.8. The number of nitrogens with one attached hydrogen (secondary N) is 1. The van der Waals surface area contributed by atoms with E-state index in [9.17, 15) is 28.1 Å². The van der Waals surface area contributed by atoms with Crippen LogP contribution < -0.4 is 15.9 Å². The van der Waals surface area contributed by atoms with Crippen LogP contribution in [0.5, 0.6) is 5.75 Å². The van der Waals surface area contributed by atoms with Crippen LogP contribution in [0.15, 0.2) is 69.6 Å². The van der Waals surface area contributed by atoms with Crippen LogP contribution in [0.2, 0.25) is 0 Å². The zero-order chi connectivity index (χ0) is 28.6. The minimum Gasteiger partial charge on any atom is -0.490 e. The molecule has 0 spiro atoms. The molecule has 14 heteroatoms. The number of allylic oxidation sites excluding steroid dienone is 1. The number of aromatic amines is 1. The number of H-pyrrole nitrogens is 1. The Morgan fingerprint density at radius 3 is 2.60 bits per heavy atom. The average molecular weight is 582 g/mol. The van der Waals surface area contributed by atoms with Crippen molar-refractivity contribution in [2.45, 2.75) is 18.4 Å². The van der Waals surface area contributed by atoms with Crippen molar-refractivity contribution in [2.75, 3.05) is 19.7 Å². The van der Waals surface area contributed by atoms with Crippen LogP contribution in [0.1, 0.15) is 23.1 Å². The fourth-order valence-corrected chi connectivity index (χ4v) is 6.77. The molecule has 0 aliphatic carbocycles. The number of hydrogen-bond acceptors (Lipinski definition) is 9. The molecule has 0 radical (unpaired) electrons. The van der Waals surface area contributed by atoms with E-state index < -0.39 is 20.5 Å². The van der Waals surface area contributed by atoms with Gasteiger partial charge in [0.25, 0.3) is 16.8 Å². The predicted molar refractivity (Wildman–Crippen MR) is 151 cm³/mol. The van der Waals surface area contributed by atoms with Gasteiger partial charge in [-0.2, -0.15) is 4.31 Å². The Morgan fingerprint density at radius 2 is 1.90 bits per heavy atom. The molecule has 2 aromatic heterocycles. The zero-order valence-corrected chi connectivity index (χ0v) is 22.8. The van der Waals surface area contributed by atoms with Crippen LogP contribution in [-0.2, 0) is 16.6 Å². The number of benzene rings is 2. The first-order valence-electron chi connectivity index (χ1n) is 12.1. The van der Waals surface area contributed by atoms with Gasteiger partial charge in [-0.25, -0.2) is 13.4 Å². The Bertz CT molecular complexity index is 1900. The molecule has 0 saturated carbocycles. The number of nitrogens with zero attached hydrogens (tertiary/aromatic N) is 4. The monoisotopic (exact) mass is 581 g/mol. The van der Waals surface area contributed by atoms with Crippen molar-refractivity contribution >= 4 is 49.9 Å². The van der Waals surface area contributed by atoms with Gasteiger partial charge >= 0.3 is 0 Å². The molecule has 1 aliphatic rings. The van der Waals surface area contributed by atoms with E-state index >= 15 is 0 Å². The summed E-state index contributed by atoms with van der Waals surface area (Å²) in [6, 6.07) is 9.59. The number of nitro benzene ring substituents is 1. The van der Waals surface area contributed by atoms with E-state index in [1.807, 2.05) is 0 Å². The highest BCUT2D eigenvalue weighted by Crippen LogP contribution is 2.29. The second-order valence-electron chi connectivity index (χ2n) is 8.79. The first kappa shape index (κ1) is 27.2. The van der Waals surface area contributed by atoms with Crippen LogP contribution in [0.25, 0.3) is 22.7 Å². The lowest BCUT2D eigenvalue weighted by Crippen LogP contribution is -2.37. The molecule has 1 aliphatic heterocycles. The van der Waals surface area contributed by atoms with Crippen LogP contribution >= 0.6 is 11.5 Å². The minimum atomic E-state index is -4.12. The summed E-state index contributed by atoms with van der Waals surface area (Å²) in [4.78, 5) is 44.3. The number of ether oxygens (including phenoxy) is 1. The molecule has 0 atom stereocenters. The molecule has 0 fully saturated rings. The number of fused-ring (bicyclic) bond motifs is 3. The summed E-state index contributed by atoms with van der Waals surface area (Å²) in [5.41, 5.74) is 0.292. The lowest BCUT2D eigenvalue weighted by atomic mass is 10.1. The van der Waals surface area contributed by atoms with Crippen LogP contribution in [0.4, 0.5) is 5.69 Å². The van der Waals surface area contributed by atoms with Crippen molar-refractivity contribution in [1.29, 1.82) is 0 Å². The summed E-state index contributed by atoms with van der Waals surface area (Å²) in [6.45, 7) is 5.58. The van der Waals surface area contributed by atoms with E-state index in [-0.39, 0.29) is 53.7 Å². The summed E-state index contributed by atoms with van der Waals surface area (Å²) < 4.78 is 35.7. The average Bonchev–Trinajstić information content (AvgIpc) is 3.24. The largest absolute Gasteiger partial charge is 0.490 e. The van der Waals surface area contributed by atoms with Gasteiger partial charge in [0.15, 0.2) is 0 Å². The maximum Gasteiger partial charge on any atom is 0.275 e. The number of non-ortho nitro benzene ring substituents is 1. The smallest absolute Gasteiger partial charge is 0.275 e. The predicted octanol–water partition coefficient (Wildman–Crippen LogP) is 3.23. The van der Waals surface area contributed by atoms with E-state index in [2.05, 4.69) is 16.5 Å². The van der Waals surface area contributed by atoms with Crippen molar-refractivity contribution in [1.82, 2.24) is 18.2 Å². The fraction of sp³-hybridized carbons (Fsp3) is 0.192. The number of rotatable bonds is 4. The molecule has 4 aromatic rings. The quantitative estimate of drug-likeness (QED) is 0.284. The lowest BCUT2D eigenvalue weighted by molar-refractivity contribution is -0.384. The Kier molecular flexibility index (Phi) is 7.23. The summed E-state index contributed by atoms with van der Waals surface area (Å²) in [7, 11) is -4.12. The van der Waals surface area contributed by atoms with Crippen molar-refractivity contribution in [2.24, 2.45) is 0 Å². The highest BCUT2D eigenvalue weighted by Gasteiger charge is 2.27. The minimum absolute atomic E-state index is 0.00690. The molecule has 3 heterocycles. The Labute approximate surface area is 231 Å². The number of nitro groups is 1. The highest BCUT2D eigenvalue weighted by molar-refractivity contribution is 7.89. The zero-order valence-electron chi connectivity index (χ0n) is 21.2. The van der Waals surface area contributed by atoms with E-state index in [0.717, 1.165) is 23.7 Å². The molecule has 4 bridgehead atoms. The molecule has 0 amide bonds. The van der Waals surface area contributed by atoms with E-state index in [4.69, 9.17) is 4.74 Å². The van der Waals surface area contributed by atoms with Gasteiger partial charge < -0.3 is 9.72 Å². The van der Waals surface area contributed by atoms with Gasteiger partial charge in [-0.1, -0.05) is 36.3 Å². The number of hydrogen-bond donors (Lipinski definition) is 1. The van der Waals surface area contributed by atoms with E-state index in [1.54, 1.807) is 37.3 Å². The first-order chi connectivity index (χ1) is 19.1. The third-order valence-electron chi connectivity index (χ3n) is 6.32. The topological polar surface area (TPSA) is 158 Å². The molecular weight excluding hydrogens is 558 g/mol. The first-order valence-corrected chi connectivity index (χ1v) is 14.3. The van der Waals surface area contributed by atoms with Gasteiger partial charge in [-0.15, -0.1) is 0 Å². The van der Waals surface area contributed by atoms with Gasteiger partial charge in [0, 0.05) is 30.8 Å². The molecule has 12 nitrogen and oxygen atoms in total. The molecule has 5 rings (SSSR count). The molecule has 1 N–H and O–H groups in total. The normalized spacial score (nSPS) is 14.9. The standard InChI is InChI=1S/C26H23N5O7S2/c1-3-5-19-24-16(2)22-25(32)27-20-6-4-7-21(23(20)28-22)38-15-14-29(12-13-30(39-24)26(19)33)40(36,37)18-10-8-17(9-11-18)31(34)35/h3-11H,2,12-15H2,1H3,(H,27,32)/b5-3-. The number of para-hydroxylation sites is 1. The molecule has 40 heavy (non-hydrogen) atoms. The molecule has 0 saturated heterocycles. The van der Waals surface area contributed by atoms with E-state index in [1.165, 1.54) is 20.4 Å². The van der Waals surface area contributed by atoms with Crippen molar-refractivity contribution in [3.8, 4) is 5.75 Å². The Morgan fingerprint density at radius 1 is 1.15 bits per heavy atom. The highest BCUT2D eigenvalue weighted by atomic mass is 32.2. The van der Waals surface area contributed by atoms with Gasteiger partial charge in [-0.05, 0) is 31.2 Å². The van der Waals surface area contributed by atoms with Gasteiger partial charge in [0.1, 0.15) is 23.6 Å². The Balaban J connectivity index is 1.64. The van der Waals surface area contributed by atoms with E-state index in [0.29, 0.717) is 27.2 Å². The van der Waals surface area contributed by atoms with Crippen LogP contribution in [-0.4, -0.2) is 51.3 Å². The maximum atomic E-state index is 13.6. The summed E-state index contributed by atoms with van der Waals surface area (Å²) in [5.74, 6) is 0.326. The maximum absolute atomic E-state index is 13.6. The third kappa shape index (κ3) is 4.87. The lowest BCUT2D eigenvalue weighted by Gasteiger charge is -2.22. The van der Waals surface area contributed by atoms with Gasteiger partial charge in [0.2, 0.25) is 10.0 Å². The molecule has 0 unspecified atom stereocenters. The van der Waals surface area contributed by atoms with Crippen molar-refractivity contribution in [3.63, 3.8) is 0 Å². The number of aromatic nitrogens is 3. The molecule has 206 valence electrons. The summed E-state index contributed by atoms with van der Waals surface area (Å²) >= 11 is 1.06. The fourth-order valence-electron chi connectivity index (χ4n) is 4.32. The summed E-state index contributed by atoms with van der Waals surface area (Å²) in [6.07, 6.45) is 3.30. The Hall–Kier alpha value is -4.40. The van der Waals surface area contributed by atoms with Crippen molar-refractivity contribution in [3.05, 3.63) is 102 Å². The van der Waals surface area contributed by atoms with Gasteiger partial charge in [0.05, 0.1) is 32.3 Å². The second kappa shape index (κ2) is 10.6. The molecule has 2 aromatic carbocycles. The molecular formula is C26H23N5O7S2. The summed E-state index contributed by atoms with van der Waals surface area (Å²) in [5, 5.41) is 11.0. The third-order valence-corrected chi connectivity index (χ3v) is 9.45.